The summed E-state index contributed by atoms with van der Waals surface area (Å²) in [7, 11) is 2.05. The second kappa shape index (κ2) is 7.58. The largest absolute Gasteiger partial charge is 0.355 e. The van der Waals surface area contributed by atoms with Gasteiger partial charge in [0, 0.05) is 34.4 Å². The van der Waals surface area contributed by atoms with Crippen molar-refractivity contribution in [1.29, 1.82) is 0 Å². The van der Waals surface area contributed by atoms with E-state index in [1.165, 1.54) is 4.88 Å². The molecule has 0 spiro atoms. The molecule has 0 bridgehead atoms. The van der Waals surface area contributed by atoms with E-state index in [1.54, 1.807) is 11.3 Å². The number of nitrogens with one attached hydrogen (secondary N) is 1. The first-order valence-corrected chi connectivity index (χ1v) is 8.83. The van der Waals surface area contributed by atoms with Gasteiger partial charge in [0.2, 0.25) is 0 Å². The van der Waals surface area contributed by atoms with Gasteiger partial charge in [0.1, 0.15) is 5.82 Å². The van der Waals surface area contributed by atoms with Gasteiger partial charge < -0.3 is 10.2 Å². The Balaban J connectivity index is 2.09. The number of nitrogens with zero attached hydrogens (tertiary/aromatic N) is 2. The minimum atomic E-state index is 0.410. The molecule has 1 N–H and O–H groups in total. The molecule has 3 nitrogen and oxygen atoms in total. The van der Waals surface area contributed by atoms with E-state index in [-0.39, 0.29) is 0 Å². The molecule has 0 aliphatic carbocycles. The van der Waals surface area contributed by atoms with Gasteiger partial charge in [0.15, 0.2) is 0 Å². The monoisotopic (exact) mass is 387 g/mol. The van der Waals surface area contributed by atoms with Gasteiger partial charge in [-0.3, -0.25) is 0 Å². The van der Waals surface area contributed by atoms with Gasteiger partial charge in [-0.05, 0) is 34.1 Å². The zero-order valence-electron chi connectivity index (χ0n) is 12.4. The Bertz CT molecular complexity index is 600. The summed E-state index contributed by atoms with van der Waals surface area (Å²) in [5.41, 5.74) is 0.891. The summed E-state index contributed by atoms with van der Waals surface area (Å²) in [6, 6.07) is 6.43. The highest BCUT2D eigenvalue weighted by Crippen LogP contribution is 2.24. The van der Waals surface area contributed by atoms with E-state index >= 15 is 0 Å². The number of anilines is 1. The smallest absolute Gasteiger partial charge is 0.129 e. The van der Waals surface area contributed by atoms with Crippen molar-refractivity contribution < 1.29 is 0 Å². The summed E-state index contributed by atoms with van der Waals surface area (Å²) >= 11 is 11.4. The highest BCUT2D eigenvalue weighted by molar-refractivity contribution is 9.10. The van der Waals surface area contributed by atoms with Crippen LogP contribution in [0.3, 0.4) is 0 Å². The lowest BCUT2D eigenvalue weighted by molar-refractivity contribution is 0.581. The molecular weight excluding hydrogens is 370 g/mol. The quantitative estimate of drug-likeness (QED) is 0.778. The number of hydrogen-bond donors (Lipinski definition) is 1. The SMILES string of the molecule is CC(C)NCc1nc(N(C)Cc2cc(Br)cs2)ccc1Cl. The van der Waals surface area contributed by atoms with Gasteiger partial charge in [0.25, 0.3) is 0 Å². The van der Waals surface area contributed by atoms with E-state index in [2.05, 4.69) is 56.4 Å². The fourth-order valence-corrected chi connectivity index (χ4v) is 3.54. The summed E-state index contributed by atoms with van der Waals surface area (Å²) in [6.45, 7) is 5.74. The first-order valence-electron chi connectivity index (χ1n) is 6.78. The van der Waals surface area contributed by atoms with Crippen molar-refractivity contribution in [2.45, 2.75) is 33.0 Å². The zero-order valence-corrected chi connectivity index (χ0v) is 15.5. The van der Waals surface area contributed by atoms with Crippen LogP contribution in [0.2, 0.25) is 5.02 Å². The molecule has 2 heterocycles. The maximum Gasteiger partial charge on any atom is 0.129 e. The van der Waals surface area contributed by atoms with E-state index in [1.807, 2.05) is 19.2 Å². The van der Waals surface area contributed by atoms with E-state index in [0.29, 0.717) is 17.6 Å². The molecule has 114 valence electrons. The minimum absolute atomic E-state index is 0.410. The third-order valence-corrected chi connectivity index (χ3v) is 5.01. The number of thiophene rings is 1. The zero-order chi connectivity index (χ0) is 15.4. The molecule has 6 heteroatoms. The average molecular weight is 389 g/mol. The van der Waals surface area contributed by atoms with Crippen LogP contribution in [0.5, 0.6) is 0 Å². The van der Waals surface area contributed by atoms with Crippen molar-refractivity contribution in [3.8, 4) is 0 Å². The normalized spacial score (nSPS) is 11.1. The molecule has 0 aliphatic rings. The molecule has 0 aliphatic heterocycles. The molecular formula is C15H19BrClN3S. The Labute approximate surface area is 143 Å². The van der Waals surface area contributed by atoms with E-state index in [0.717, 1.165) is 22.5 Å². The number of halogens is 2. The maximum absolute atomic E-state index is 6.22. The average Bonchev–Trinajstić information content (AvgIpc) is 2.83. The van der Waals surface area contributed by atoms with Crippen LogP contribution in [0.1, 0.15) is 24.4 Å². The van der Waals surface area contributed by atoms with Crippen LogP contribution in [0.25, 0.3) is 0 Å². The second-order valence-electron chi connectivity index (χ2n) is 5.22. The van der Waals surface area contributed by atoms with Crippen LogP contribution in [0, 0.1) is 0 Å². The predicted molar refractivity (Wildman–Crippen MR) is 95.3 cm³/mol. The van der Waals surface area contributed by atoms with Crippen LogP contribution < -0.4 is 10.2 Å². The van der Waals surface area contributed by atoms with E-state index in [4.69, 9.17) is 11.6 Å². The Hall–Kier alpha value is -0.620. The molecule has 0 saturated heterocycles. The molecule has 0 unspecified atom stereocenters. The highest BCUT2D eigenvalue weighted by Gasteiger charge is 2.09. The standard InChI is InChI=1S/C15H19BrClN3S/c1-10(2)18-7-14-13(17)4-5-15(19-14)20(3)8-12-6-11(16)9-21-12/h4-6,9-10,18H,7-8H2,1-3H3. The van der Waals surface area contributed by atoms with Crippen molar-refractivity contribution in [2.75, 3.05) is 11.9 Å². The Morgan fingerprint density at radius 1 is 1.43 bits per heavy atom. The highest BCUT2D eigenvalue weighted by atomic mass is 79.9. The van der Waals surface area contributed by atoms with Crippen LogP contribution in [-0.2, 0) is 13.1 Å². The van der Waals surface area contributed by atoms with Gasteiger partial charge >= 0.3 is 0 Å². The lowest BCUT2D eigenvalue weighted by Crippen LogP contribution is -2.23. The number of rotatable bonds is 6. The predicted octanol–water partition coefficient (Wildman–Crippen LogP) is 4.69. The van der Waals surface area contributed by atoms with E-state index in [9.17, 15) is 0 Å². The third-order valence-electron chi connectivity index (χ3n) is 2.99. The molecule has 0 atom stereocenters. The topological polar surface area (TPSA) is 28.2 Å². The Kier molecular flexibility index (Phi) is 6.05. The Morgan fingerprint density at radius 3 is 2.81 bits per heavy atom. The maximum atomic E-state index is 6.22. The van der Waals surface area contributed by atoms with E-state index < -0.39 is 0 Å². The molecule has 2 rings (SSSR count). The summed E-state index contributed by atoms with van der Waals surface area (Å²) in [6.07, 6.45) is 0. The van der Waals surface area contributed by atoms with Crippen LogP contribution in [-0.4, -0.2) is 18.1 Å². The third kappa shape index (κ3) is 4.95. The molecule has 0 saturated carbocycles. The van der Waals surface area contributed by atoms with Crippen LogP contribution >= 0.6 is 38.9 Å². The van der Waals surface area contributed by atoms with Crippen LogP contribution in [0.15, 0.2) is 28.1 Å². The Morgan fingerprint density at radius 2 is 2.19 bits per heavy atom. The summed E-state index contributed by atoms with van der Waals surface area (Å²) in [5, 5.41) is 6.15. The van der Waals surface area contributed by atoms with Crippen molar-refractivity contribution in [2.24, 2.45) is 0 Å². The van der Waals surface area contributed by atoms with Crippen LogP contribution in [0.4, 0.5) is 5.82 Å². The summed E-state index contributed by atoms with van der Waals surface area (Å²) < 4.78 is 1.13. The number of pyridine rings is 1. The first-order chi connectivity index (χ1) is 9.95. The van der Waals surface area contributed by atoms with Gasteiger partial charge in [-0.25, -0.2) is 4.98 Å². The lowest BCUT2D eigenvalue weighted by atomic mass is 10.3. The molecule has 21 heavy (non-hydrogen) atoms. The molecule has 0 amide bonds. The fourth-order valence-electron chi connectivity index (χ4n) is 1.86. The fraction of sp³-hybridized carbons (Fsp3) is 0.400. The molecule has 2 aromatic heterocycles. The van der Waals surface area contributed by atoms with Gasteiger partial charge in [-0.15, -0.1) is 11.3 Å². The molecule has 2 aromatic rings. The number of aromatic nitrogens is 1. The number of hydrogen-bond acceptors (Lipinski definition) is 4. The molecule has 0 radical (unpaired) electrons. The van der Waals surface area contributed by atoms with Gasteiger partial charge in [0.05, 0.1) is 17.3 Å². The minimum Gasteiger partial charge on any atom is -0.355 e. The lowest BCUT2D eigenvalue weighted by Gasteiger charge is -2.19. The summed E-state index contributed by atoms with van der Waals surface area (Å²) in [5.74, 6) is 0.935. The van der Waals surface area contributed by atoms with Crippen molar-refractivity contribution in [1.82, 2.24) is 10.3 Å². The van der Waals surface area contributed by atoms with Crippen molar-refractivity contribution in [3.05, 3.63) is 43.6 Å². The first kappa shape index (κ1) is 16.7. The summed E-state index contributed by atoms with van der Waals surface area (Å²) in [4.78, 5) is 8.10. The molecule has 0 aromatic carbocycles. The molecule has 0 fully saturated rings. The van der Waals surface area contributed by atoms with Crippen molar-refractivity contribution >= 4 is 44.7 Å². The van der Waals surface area contributed by atoms with Crippen molar-refractivity contribution in [3.63, 3.8) is 0 Å². The van der Waals surface area contributed by atoms with Gasteiger partial charge in [-0.1, -0.05) is 25.4 Å². The van der Waals surface area contributed by atoms with Gasteiger partial charge in [-0.2, -0.15) is 0 Å². The second-order valence-corrected chi connectivity index (χ2v) is 7.54.